The van der Waals surface area contributed by atoms with Crippen LogP contribution in [0.4, 0.5) is 4.79 Å². The van der Waals surface area contributed by atoms with Gasteiger partial charge in [0.05, 0.1) is 31.3 Å². The summed E-state index contributed by atoms with van der Waals surface area (Å²) in [5, 5.41) is 16.8. The van der Waals surface area contributed by atoms with Gasteiger partial charge in [0.25, 0.3) is 0 Å². The Balaban J connectivity index is 1.56. The lowest BCUT2D eigenvalue weighted by Gasteiger charge is -2.26. The first-order valence-corrected chi connectivity index (χ1v) is 10.2. The van der Waals surface area contributed by atoms with Crippen molar-refractivity contribution < 1.29 is 24.1 Å². The Kier molecular flexibility index (Phi) is 7.67. The van der Waals surface area contributed by atoms with E-state index in [1.807, 2.05) is 30.3 Å². The fourth-order valence-electron chi connectivity index (χ4n) is 3.68. The fourth-order valence-corrected chi connectivity index (χ4v) is 3.68. The van der Waals surface area contributed by atoms with Gasteiger partial charge >= 0.3 is 6.09 Å². The number of amides is 1. The zero-order chi connectivity index (χ0) is 19.9. The van der Waals surface area contributed by atoms with E-state index in [2.05, 4.69) is 24.5 Å². The summed E-state index contributed by atoms with van der Waals surface area (Å²) < 4.78 is 16.6. The lowest BCUT2D eigenvalue weighted by Crippen LogP contribution is -2.50. The van der Waals surface area contributed by atoms with Crippen LogP contribution in [0.2, 0.25) is 0 Å². The summed E-state index contributed by atoms with van der Waals surface area (Å²) in [5.41, 5.74) is 1.05. The molecule has 0 radical (unpaired) electrons. The Morgan fingerprint density at radius 3 is 2.79 bits per heavy atom. The highest BCUT2D eigenvalue weighted by Gasteiger charge is 2.44. The van der Waals surface area contributed by atoms with Gasteiger partial charge in [0.1, 0.15) is 6.10 Å². The van der Waals surface area contributed by atoms with Gasteiger partial charge in [-0.2, -0.15) is 0 Å². The number of carbonyl (C=O) groups is 1. The highest BCUT2D eigenvalue weighted by atomic mass is 16.7. The maximum Gasteiger partial charge on any atom is 0.407 e. The van der Waals surface area contributed by atoms with Crippen LogP contribution in [0.25, 0.3) is 0 Å². The van der Waals surface area contributed by atoms with Crippen molar-refractivity contribution in [2.75, 3.05) is 26.3 Å². The largest absolute Gasteiger partial charge is 0.443 e. The number of fused-ring (bicyclic) bond motifs is 1. The van der Waals surface area contributed by atoms with E-state index in [1.165, 1.54) is 0 Å². The van der Waals surface area contributed by atoms with Crippen LogP contribution in [0.1, 0.15) is 25.8 Å². The molecule has 3 rings (SSSR count). The summed E-state index contributed by atoms with van der Waals surface area (Å²) in [7, 11) is 0. The highest BCUT2D eigenvalue weighted by molar-refractivity contribution is 5.68. The molecular weight excluding hydrogens is 360 g/mol. The summed E-state index contributed by atoms with van der Waals surface area (Å²) >= 11 is 0. The Morgan fingerprint density at radius 2 is 2.04 bits per heavy atom. The van der Waals surface area contributed by atoms with Crippen molar-refractivity contribution in [3.8, 4) is 0 Å². The average Bonchev–Trinajstić information content (AvgIpc) is 3.27. The van der Waals surface area contributed by atoms with Crippen LogP contribution in [0.3, 0.4) is 0 Å². The van der Waals surface area contributed by atoms with E-state index in [0.29, 0.717) is 32.1 Å². The molecule has 1 aromatic rings. The quantitative estimate of drug-likeness (QED) is 0.593. The normalized spacial score (nSPS) is 26.1. The molecule has 2 saturated heterocycles. The van der Waals surface area contributed by atoms with Gasteiger partial charge in [0.2, 0.25) is 0 Å². The number of nitrogens with one attached hydrogen (secondary N) is 2. The summed E-state index contributed by atoms with van der Waals surface area (Å²) in [5.74, 6) is 0.581. The number of benzene rings is 1. The standard InChI is InChI=1S/C21H32N2O5/c1-14(2)11-22-12-18(24)17(10-15-6-4-3-5-7-15)23-21(25)28-19-13-27-20-16(19)8-9-26-20/h3-7,14,16-20,22,24H,8-13H2,1-2H3,(H,23,25)/t16?,17-,18+,19-,20+/m0/s1. The van der Waals surface area contributed by atoms with Crippen molar-refractivity contribution in [1.29, 1.82) is 0 Å². The third kappa shape index (κ3) is 5.91. The van der Waals surface area contributed by atoms with E-state index in [1.54, 1.807) is 0 Å². The maximum absolute atomic E-state index is 12.5. The highest BCUT2D eigenvalue weighted by Crippen LogP contribution is 2.32. The molecule has 1 amide bonds. The second-order valence-electron chi connectivity index (χ2n) is 8.03. The molecule has 2 aliphatic heterocycles. The monoisotopic (exact) mass is 392 g/mol. The van der Waals surface area contributed by atoms with Crippen molar-refractivity contribution in [1.82, 2.24) is 10.6 Å². The number of hydrogen-bond acceptors (Lipinski definition) is 6. The topological polar surface area (TPSA) is 89.1 Å². The molecule has 5 atom stereocenters. The molecule has 0 bridgehead atoms. The van der Waals surface area contributed by atoms with E-state index >= 15 is 0 Å². The van der Waals surface area contributed by atoms with E-state index in [-0.39, 0.29) is 18.3 Å². The van der Waals surface area contributed by atoms with Gasteiger partial charge in [-0.1, -0.05) is 44.2 Å². The van der Waals surface area contributed by atoms with Crippen LogP contribution >= 0.6 is 0 Å². The zero-order valence-corrected chi connectivity index (χ0v) is 16.7. The zero-order valence-electron chi connectivity index (χ0n) is 16.7. The first-order chi connectivity index (χ1) is 13.5. The first kappa shape index (κ1) is 21.0. The molecule has 156 valence electrons. The van der Waals surface area contributed by atoms with Crippen molar-refractivity contribution in [2.45, 2.75) is 51.2 Å². The summed E-state index contributed by atoms with van der Waals surface area (Å²) in [6.07, 6.45) is -0.460. The van der Waals surface area contributed by atoms with Crippen LogP contribution in [0.5, 0.6) is 0 Å². The molecule has 0 spiro atoms. The molecule has 7 nitrogen and oxygen atoms in total. The van der Waals surface area contributed by atoms with Crippen molar-refractivity contribution in [3.05, 3.63) is 35.9 Å². The molecule has 3 N–H and O–H groups in total. The van der Waals surface area contributed by atoms with Crippen LogP contribution in [0.15, 0.2) is 30.3 Å². The molecule has 7 heteroatoms. The van der Waals surface area contributed by atoms with E-state index in [4.69, 9.17) is 14.2 Å². The second-order valence-corrected chi connectivity index (χ2v) is 8.03. The molecule has 0 aliphatic carbocycles. The minimum Gasteiger partial charge on any atom is -0.443 e. The summed E-state index contributed by atoms with van der Waals surface area (Å²) in [6, 6.07) is 9.36. The average molecular weight is 392 g/mol. The number of hydrogen-bond donors (Lipinski definition) is 3. The lowest BCUT2D eigenvalue weighted by molar-refractivity contribution is -0.0907. The van der Waals surface area contributed by atoms with Gasteiger partial charge in [-0.15, -0.1) is 0 Å². The Morgan fingerprint density at radius 1 is 1.25 bits per heavy atom. The number of alkyl carbamates (subject to hydrolysis) is 1. The third-order valence-electron chi connectivity index (χ3n) is 5.22. The van der Waals surface area contributed by atoms with Gasteiger partial charge < -0.3 is 30.0 Å². The Labute approximate surface area is 166 Å². The minimum atomic E-state index is -0.728. The van der Waals surface area contributed by atoms with Gasteiger partial charge in [-0.25, -0.2) is 4.79 Å². The molecule has 1 unspecified atom stereocenters. The molecule has 28 heavy (non-hydrogen) atoms. The predicted octanol–water partition coefficient (Wildman–Crippen LogP) is 1.69. The Bertz CT molecular complexity index is 612. The van der Waals surface area contributed by atoms with Crippen LogP contribution in [-0.4, -0.2) is 62.0 Å². The summed E-state index contributed by atoms with van der Waals surface area (Å²) in [6.45, 7) is 6.42. The number of aliphatic hydroxyl groups excluding tert-OH is 1. The molecule has 2 fully saturated rings. The van der Waals surface area contributed by atoms with E-state index in [0.717, 1.165) is 18.5 Å². The second kappa shape index (κ2) is 10.2. The number of rotatable bonds is 9. The third-order valence-corrected chi connectivity index (χ3v) is 5.22. The van der Waals surface area contributed by atoms with Crippen molar-refractivity contribution in [3.63, 3.8) is 0 Å². The van der Waals surface area contributed by atoms with Crippen LogP contribution in [-0.2, 0) is 20.6 Å². The van der Waals surface area contributed by atoms with Crippen molar-refractivity contribution >= 4 is 6.09 Å². The van der Waals surface area contributed by atoms with E-state index < -0.39 is 18.2 Å². The molecule has 0 aromatic heterocycles. The summed E-state index contributed by atoms with van der Waals surface area (Å²) in [4.78, 5) is 12.5. The minimum absolute atomic E-state index is 0.0935. The molecule has 0 saturated carbocycles. The molecule has 2 aliphatic rings. The number of aliphatic hydroxyl groups is 1. The smallest absolute Gasteiger partial charge is 0.407 e. The van der Waals surface area contributed by atoms with E-state index in [9.17, 15) is 9.90 Å². The van der Waals surface area contributed by atoms with Gasteiger partial charge in [-0.3, -0.25) is 0 Å². The molecular formula is C21H32N2O5. The number of ether oxygens (including phenoxy) is 3. The van der Waals surface area contributed by atoms with Gasteiger partial charge in [-0.05, 0) is 30.9 Å². The first-order valence-electron chi connectivity index (χ1n) is 10.2. The van der Waals surface area contributed by atoms with Gasteiger partial charge in [0.15, 0.2) is 6.29 Å². The fraction of sp³-hybridized carbons (Fsp3) is 0.667. The lowest BCUT2D eigenvalue weighted by atomic mass is 10.0. The molecule has 2 heterocycles. The maximum atomic E-state index is 12.5. The number of carbonyl (C=O) groups excluding carboxylic acids is 1. The van der Waals surface area contributed by atoms with Crippen molar-refractivity contribution in [2.24, 2.45) is 11.8 Å². The Hall–Kier alpha value is -1.67. The molecule has 1 aromatic carbocycles. The van der Waals surface area contributed by atoms with Crippen LogP contribution in [0, 0.1) is 11.8 Å². The van der Waals surface area contributed by atoms with Crippen LogP contribution < -0.4 is 10.6 Å². The van der Waals surface area contributed by atoms with Gasteiger partial charge in [0, 0.05) is 6.54 Å². The SMILES string of the molecule is CC(C)CNC[C@@H](O)[C@H](Cc1ccccc1)NC(=O)O[C@H]1CO[C@H]2OCCC21. The predicted molar refractivity (Wildman–Crippen MR) is 105 cm³/mol.